The van der Waals surface area contributed by atoms with Gasteiger partial charge in [0, 0.05) is 5.41 Å². The smallest absolute Gasteiger partial charge is 0.399 e. The molecule has 4 heteroatoms. The molecule has 0 radical (unpaired) electrons. The van der Waals surface area contributed by atoms with Gasteiger partial charge in [0.05, 0.1) is 11.2 Å². The van der Waals surface area contributed by atoms with Gasteiger partial charge in [-0.1, -0.05) is 113 Å². The lowest BCUT2D eigenvalue weighted by atomic mass is 9.68. The zero-order chi connectivity index (χ0) is 25.8. The summed E-state index contributed by atoms with van der Waals surface area (Å²) < 4.78 is 13.0. The summed E-state index contributed by atoms with van der Waals surface area (Å²) in [6, 6.07) is 16.3. The second-order valence-corrected chi connectivity index (χ2v) is 12.3. The second kappa shape index (κ2) is 11.5. The van der Waals surface area contributed by atoms with Crippen LogP contribution in [0.1, 0.15) is 116 Å². The topological polar surface area (TPSA) is 18.5 Å². The highest BCUT2D eigenvalue weighted by Crippen LogP contribution is 2.54. The van der Waals surface area contributed by atoms with Crippen LogP contribution in [0.3, 0.4) is 0 Å². The van der Waals surface area contributed by atoms with E-state index in [1.165, 1.54) is 99.1 Å². The van der Waals surface area contributed by atoms with Crippen LogP contribution >= 0.6 is 0 Å². The van der Waals surface area contributed by atoms with Gasteiger partial charge in [0.1, 0.15) is 7.85 Å². The predicted octanol–water partition coefficient (Wildman–Crippen LogP) is 7.61. The molecule has 0 bridgehead atoms. The first kappa shape index (κ1) is 27.5. The van der Waals surface area contributed by atoms with E-state index in [9.17, 15) is 0 Å². The number of unbranched alkanes of at least 4 members (excludes halogenated alkanes) is 7. The molecule has 194 valence electrons. The molecular formula is C32H48B2O2. The van der Waals surface area contributed by atoms with E-state index in [1.807, 2.05) is 0 Å². The number of hydrogen-bond donors (Lipinski definition) is 0. The Balaban J connectivity index is 1.69. The molecule has 2 nitrogen and oxygen atoms in total. The SMILES string of the molecule is BCCCCCCC1(CCCCCCC)c2ccccc2-c2ccc(B3OC(C)(C)C(C)(C)O3)cc21. The van der Waals surface area contributed by atoms with Crippen molar-refractivity contribution in [2.45, 2.75) is 128 Å². The fraction of sp³-hybridized carbons (Fsp3) is 0.625. The van der Waals surface area contributed by atoms with E-state index in [0.717, 1.165) is 0 Å². The maximum absolute atomic E-state index is 6.48. The average molecular weight is 486 g/mol. The molecule has 1 aliphatic carbocycles. The summed E-state index contributed by atoms with van der Waals surface area (Å²) in [4.78, 5) is 0. The largest absolute Gasteiger partial charge is 0.494 e. The van der Waals surface area contributed by atoms with Gasteiger partial charge < -0.3 is 9.31 Å². The Kier molecular flexibility index (Phi) is 8.78. The van der Waals surface area contributed by atoms with Crippen LogP contribution in [0, 0.1) is 0 Å². The minimum absolute atomic E-state index is 0.101. The van der Waals surface area contributed by atoms with Crippen molar-refractivity contribution < 1.29 is 9.31 Å². The summed E-state index contributed by atoms with van der Waals surface area (Å²) in [7, 11) is 1.99. The standard InChI is InChI=1S/C32H48B2O2/c1-6-7-8-9-14-21-32(22-15-10-11-16-23-33)28-18-13-12-17-26(28)27-20-19-25(24-29(27)32)34-35-30(2,3)31(4,5)36-34/h12-13,17-20,24H,6-11,14-16,21-23,33H2,1-5H3. The van der Waals surface area contributed by atoms with Gasteiger partial charge in [-0.05, 0) is 68.3 Å². The molecule has 1 atom stereocenters. The summed E-state index contributed by atoms with van der Waals surface area (Å²) >= 11 is 0. The molecule has 2 aliphatic rings. The van der Waals surface area contributed by atoms with Crippen LogP contribution < -0.4 is 5.46 Å². The van der Waals surface area contributed by atoms with Gasteiger partial charge in [-0.3, -0.25) is 0 Å². The highest BCUT2D eigenvalue weighted by atomic mass is 16.7. The van der Waals surface area contributed by atoms with E-state index >= 15 is 0 Å². The molecule has 1 aliphatic heterocycles. The van der Waals surface area contributed by atoms with Crippen LogP contribution in [0.5, 0.6) is 0 Å². The monoisotopic (exact) mass is 486 g/mol. The number of benzene rings is 2. The average Bonchev–Trinajstić information content (AvgIpc) is 3.25. The van der Waals surface area contributed by atoms with Crippen LogP contribution in [0.2, 0.25) is 6.32 Å². The maximum Gasteiger partial charge on any atom is 0.494 e. The Bertz CT molecular complexity index is 983. The number of hydrogen-bond acceptors (Lipinski definition) is 2. The maximum atomic E-state index is 6.48. The van der Waals surface area contributed by atoms with Gasteiger partial charge >= 0.3 is 7.12 Å². The molecule has 0 spiro atoms. The summed E-state index contributed by atoms with van der Waals surface area (Å²) in [5, 5.41) is 0. The van der Waals surface area contributed by atoms with Crippen LogP contribution in [0.25, 0.3) is 11.1 Å². The Hall–Kier alpha value is -1.51. The van der Waals surface area contributed by atoms with Crippen molar-refractivity contribution in [2.24, 2.45) is 0 Å². The van der Waals surface area contributed by atoms with E-state index in [1.54, 1.807) is 5.56 Å². The molecule has 0 saturated carbocycles. The fourth-order valence-electron chi connectivity index (χ4n) is 6.32. The fourth-order valence-corrected chi connectivity index (χ4v) is 6.32. The second-order valence-electron chi connectivity index (χ2n) is 12.3. The van der Waals surface area contributed by atoms with Crippen LogP contribution in [0.15, 0.2) is 42.5 Å². The van der Waals surface area contributed by atoms with Gasteiger partial charge in [0.25, 0.3) is 0 Å². The number of fused-ring (bicyclic) bond motifs is 3. The molecular weight excluding hydrogens is 438 g/mol. The Morgan fingerprint density at radius 2 is 1.28 bits per heavy atom. The first-order chi connectivity index (χ1) is 17.3. The lowest BCUT2D eigenvalue weighted by Crippen LogP contribution is -2.41. The summed E-state index contributed by atoms with van der Waals surface area (Å²) in [5.74, 6) is 0. The van der Waals surface area contributed by atoms with Gasteiger partial charge in [0.15, 0.2) is 0 Å². The van der Waals surface area contributed by atoms with E-state index < -0.39 is 0 Å². The van der Waals surface area contributed by atoms with Gasteiger partial charge in [-0.25, -0.2) is 0 Å². The zero-order valence-corrected chi connectivity index (χ0v) is 23.9. The molecule has 0 aromatic heterocycles. The summed E-state index contributed by atoms with van der Waals surface area (Å²) in [6.45, 7) is 10.9. The minimum atomic E-state index is -0.324. The van der Waals surface area contributed by atoms with Crippen molar-refractivity contribution in [3.8, 4) is 11.1 Å². The van der Waals surface area contributed by atoms with Gasteiger partial charge in [-0.2, -0.15) is 0 Å². The van der Waals surface area contributed by atoms with Crippen LogP contribution in [-0.4, -0.2) is 26.2 Å². The normalized spacial score (nSPS) is 21.5. The Labute approximate surface area is 222 Å². The lowest BCUT2D eigenvalue weighted by Gasteiger charge is -2.33. The van der Waals surface area contributed by atoms with Crippen molar-refractivity contribution in [3.05, 3.63) is 53.6 Å². The first-order valence-electron chi connectivity index (χ1n) is 14.9. The van der Waals surface area contributed by atoms with Crippen LogP contribution in [0.4, 0.5) is 0 Å². The van der Waals surface area contributed by atoms with Crippen molar-refractivity contribution in [1.82, 2.24) is 0 Å². The molecule has 1 unspecified atom stereocenters. The molecule has 0 N–H and O–H groups in total. The van der Waals surface area contributed by atoms with Gasteiger partial charge in [0.2, 0.25) is 0 Å². The van der Waals surface area contributed by atoms with Crippen molar-refractivity contribution >= 4 is 20.4 Å². The van der Waals surface area contributed by atoms with Crippen LogP contribution in [-0.2, 0) is 14.7 Å². The van der Waals surface area contributed by atoms with E-state index in [0.29, 0.717) is 0 Å². The highest BCUT2D eigenvalue weighted by molar-refractivity contribution is 6.62. The minimum Gasteiger partial charge on any atom is -0.399 e. The highest BCUT2D eigenvalue weighted by Gasteiger charge is 2.52. The molecule has 1 heterocycles. The van der Waals surface area contributed by atoms with Crippen molar-refractivity contribution in [3.63, 3.8) is 0 Å². The third-order valence-corrected chi connectivity index (χ3v) is 9.23. The zero-order valence-electron chi connectivity index (χ0n) is 23.9. The van der Waals surface area contributed by atoms with Gasteiger partial charge in [-0.15, -0.1) is 0 Å². The van der Waals surface area contributed by atoms with Crippen molar-refractivity contribution in [2.75, 3.05) is 0 Å². The molecule has 2 aromatic rings. The summed E-state index contributed by atoms with van der Waals surface area (Å²) in [5.41, 5.74) is 6.55. The molecule has 2 aromatic carbocycles. The molecule has 1 saturated heterocycles. The molecule has 36 heavy (non-hydrogen) atoms. The Morgan fingerprint density at radius 1 is 0.694 bits per heavy atom. The molecule has 1 fully saturated rings. The Morgan fingerprint density at radius 3 is 1.92 bits per heavy atom. The lowest BCUT2D eigenvalue weighted by molar-refractivity contribution is 0.00578. The first-order valence-corrected chi connectivity index (χ1v) is 14.9. The third kappa shape index (κ3) is 5.37. The van der Waals surface area contributed by atoms with E-state index in [2.05, 4.69) is 84.9 Å². The van der Waals surface area contributed by atoms with E-state index in [-0.39, 0.29) is 23.7 Å². The molecule has 0 amide bonds. The van der Waals surface area contributed by atoms with E-state index in [4.69, 9.17) is 9.31 Å². The third-order valence-electron chi connectivity index (χ3n) is 9.23. The quantitative estimate of drug-likeness (QED) is 0.214. The predicted molar refractivity (Wildman–Crippen MR) is 158 cm³/mol. The number of rotatable bonds is 13. The molecule has 4 rings (SSSR count). The van der Waals surface area contributed by atoms with Crippen molar-refractivity contribution in [1.29, 1.82) is 0 Å². The summed E-state index contributed by atoms with van der Waals surface area (Å²) in [6.07, 6.45) is 15.7.